The average Bonchev–Trinajstić information content (AvgIpc) is 3.06. The SMILES string of the molecule is CCOCCOc1c2cccc1Cc1cc(C#N)cc(c1O)Cc1cccc(c1OCCOCC)Cc1cc(C#N)cc(c1O)C2. The molecule has 8 heteroatoms. The van der Waals surface area contributed by atoms with Crippen LogP contribution in [-0.4, -0.2) is 49.9 Å². The summed E-state index contributed by atoms with van der Waals surface area (Å²) in [6.45, 7) is 6.39. The summed E-state index contributed by atoms with van der Waals surface area (Å²) in [6.07, 6.45) is 1.22. The summed E-state index contributed by atoms with van der Waals surface area (Å²) >= 11 is 0. The van der Waals surface area contributed by atoms with Crippen LogP contribution in [0.2, 0.25) is 0 Å². The van der Waals surface area contributed by atoms with Crippen LogP contribution in [0.3, 0.4) is 0 Å². The summed E-state index contributed by atoms with van der Waals surface area (Å²) in [5.41, 5.74) is 6.53. The average molecular weight is 619 g/mol. The Kier molecular flexibility index (Phi) is 10.8. The molecule has 0 unspecified atom stereocenters. The summed E-state index contributed by atoms with van der Waals surface area (Å²) in [5, 5.41) is 43.1. The second-order valence-electron chi connectivity index (χ2n) is 11.1. The minimum Gasteiger partial charge on any atom is -0.507 e. The number of aromatic hydroxyl groups is 2. The Bertz CT molecular complexity index is 1560. The molecule has 1 aliphatic rings. The summed E-state index contributed by atoms with van der Waals surface area (Å²) in [4.78, 5) is 0. The molecule has 0 fully saturated rings. The fourth-order valence-electron chi connectivity index (χ4n) is 5.91. The Labute approximate surface area is 270 Å². The van der Waals surface area contributed by atoms with Gasteiger partial charge in [0.1, 0.15) is 36.2 Å². The maximum absolute atomic E-state index is 11.6. The van der Waals surface area contributed by atoms with Gasteiger partial charge in [-0.2, -0.15) is 10.5 Å². The molecular weight excluding hydrogens is 580 g/mol. The molecule has 0 radical (unpaired) electrons. The first-order chi connectivity index (χ1) is 22.4. The molecule has 8 nitrogen and oxygen atoms in total. The number of nitrogens with zero attached hydrogens (tertiary/aromatic N) is 2. The molecule has 0 aliphatic heterocycles. The van der Waals surface area contributed by atoms with Crippen LogP contribution < -0.4 is 9.47 Å². The van der Waals surface area contributed by atoms with Crippen LogP contribution in [0, 0.1) is 22.7 Å². The Hall–Kier alpha value is -5.02. The molecule has 0 atom stereocenters. The first-order valence-electron chi connectivity index (χ1n) is 15.6. The highest BCUT2D eigenvalue weighted by atomic mass is 16.5. The maximum atomic E-state index is 11.6. The van der Waals surface area contributed by atoms with Gasteiger partial charge in [-0.3, -0.25) is 0 Å². The molecule has 1 aliphatic carbocycles. The van der Waals surface area contributed by atoms with E-state index in [1.807, 2.05) is 50.2 Å². The Balaban J connectivity index is 1.71. The van der Waals surface area contributed by atoms with Gasteiger partial charge in [0.05, 0.1) is 36.5 Å². The summed E-state index contributed by atoms with van der Waals surface area (Å²) in [7, 11) is 0. The molecule has 0 saturated carbocycles. The van der Waals surface area contributed by atoms with Crippen molar-refractivity contribution in [1.29, 1.82) is 10.5 Å². The Morgan fingerprint density at radius 2 is 0.870 bits per heavy atom. The number of para-hydroxylation sites is 2. The van der Waals surface area contributed by atoms with Crippen LogP contribution in [0.1, 0.15) is 69.5 Å². The smallest absolute Gasteiger partial charge is 0.126 e. The standard InChI is InChI=1S/C38H38N2O6/c1-3-43-11-13-45-37-27-7-5-8-28(37)20-32-16-26(24-40)18-34(36(32)42)22-30-10-6-9-29(38(30)46-14-12-44-4-2)21-33-17-25(23-39)15-31(19-27)35(33)41/h5-10,15-18,41-42H,3-4,11-14,19-22H2,1-2H3. The number of hydrogen-bond acceptors (Lipinski definition) is 8. The zero-order valence-electron chi connectivity index (χ0n) is 26.3. The molecule has 0 amide bonds. The zero-order valence-corrected chi connectivity index (χ0v) is 26.3. The second-order valence-corrected chi connectivity index (χ2v) is 11.1. The normalized spacial score (nSPS) is 12.2. The third-order valence-corrected chi connectivity index (χ3v) is 8.03. The zero-order chi connectivity index (χ0) is 32.5. The lowest BCUT2D eigenvalue weighted by Gasteiger charge is -2.21. The van der Waals surface area contributed by atoms with E-state index in [-0.39, 0.29) is 11.5 Å². The predicted octanol–water partition coefficient (Wildman–Crippen LogP) is 6.35. The Morgan fingerprint density at radius 1 is 0.543 bits per heavy atom. The molecular formula is C38H38N2O6. The number of phenolic OH excluding ortho intramolecular Hbond substituents is 2. The van der Waals surface area contributed by atoms with E-state index >= 15 is 0 Å². The van der Waals surface area contributed by atoms with E-state index in [0.717, 1.165) is 22.3 Å². The lowest BCUT2D eigenvalue weighted by molar-refractivity contribution is 0.109. The number of rotatable bonds is 10. The topological polar surface area (TPSA) is 125 Å². The number of ether oxygens (including phenoxy) is 4. The van der Waals surface area contributed by atoms with E-state index in [9.17, 15) is 20.7 Å². The monoisotopic (exact) mass is 618 g/mol. The van der Waals surface area contributed by atoms with Crippen LogP contribution in [0.25, 0.3) is 0 Å². The van der Waals surface area contributed by atoms with Crippen LogP contribution in [0.5, 0.6) is 23.0 Å². The van der Waals surface area contributed by atoms with Gasteiger partial charge in [0.15, 0.2) is 0 Å². The van der Waals surface area contributed by atoms with Crippen molar-refractivity contribution in [1.82, 2.24) is 0 Å². The molecule has 0 saturated heterocycles. The second kappa shape index (κ2) is 15.3. The lowest BCUT2D eigenvalue weighted by Crippen LogP contribution is -2.11. The third-order valence-electron chi connectivity index (χ3n) is 8.03. The van der Waals surface area contributed by atoms with Gasteiger partial charge in [-0.15, -0.1) is 0 Å². The number of hydrogen-bond donors (Lipinski definition) is 2. The summed E-state index contributed by atoms with van der Waals surface area (Å²) < 4.78 is 23.7. The van der Waals surface area contributed by atoms with E-state index in [1.165, 1.54) is 0 Å². The minimum atomic E-state index is 0.115. The molecule has 2 N–H and O–H groups in total. The van der Waals surface area contributed by atoms with Crippen LogP contribution in [0.15, 0.2) is 60.7 Å². The van der Waals surface area contributed by atoms with Crippen LogP contribution in [-0.2, 0) is 35.2 Å². The first-order valence-corrected chi connectivity index (χ1v) is 15.6. The molecule has 46 heavy (non-hydrogen) atoms. The van der Waals surface area contributed by atoms with Gasteiger partial charge in [0.2, 0.25) is 0 Å². The van der Waals surface area contributed by atoms with Crippen molar-refractivity contribution in [3.05, 3.63) is 116 Å². The van der Waals surface area contributed by atoms with Gasteiger partial charge in [-0.1, -0.05) is 36.4 Å². The third kappa shape index (κ3) is 7.43. The van der Waals surface area contributed by atoms with Crippen LogP contribution >= 0.6 is 0 Å². The summed E-state index contributed by atoms with van der Waals surface area (Å²) in [6, 6.07) is 22.9. The fourth-order valence-corrected chi connectivity index (χ4v) is 5.91. The number of fused-ring (bicyclic) bond motifs is 8. The van der Waals surface area contributed by atoms with E-state index < -0.39 is 0 Å². The van der Waals surface area contributed by atoms with E-state index in [2.05, 4.69) is 12.1 Å². The van der Waals surface area contributed by atoms with Crippen molar-refractivity contribution < 1.29 is 29.2 Å². The first kappa shape index (κ1) is 32.4. The molecule has 236 valence electrons. The van der Waals surface area contributed by atoms with Gasteiger partial charge >= 0.3 is 0 Å². The lowest BCUT2D eigenvalue weighted by atomic mass is 9.90. The van der Waals surface area contributed by atoms with Gasteiger partial charge < -0.3 is 29.2 Å². The Morgan fingerprint density at radius 3 is 1.15 bits per heavy atom. The molecule has 4 aromatic carbocycles. The highest BCUT2D eigenvalue weighted by Gasteiger charge is 2.21. The van der Waals surface area contributed by atoms with Crippen molar-refractivity contribution in [2.24, 2.45) is 0 Å². The van der Waals surface area contributed by atoms with Gasteiger partial charge in [-0.25, -0.2) is 0 Å². The van der Waals surface area contributed by atoms with Crippen molar-refractivity contribution in [3.63, 3.8) is 0 Å². The largest absolute Gasteiger partial charge is 0.507 e. The molecule has 0 aromatic heterocycles. The van der Waals surface area contributed by atoms with Crippen molar-refractivity contribution >= 4 is 0 Å². The van der Waals surface area contributed by atoms with Gasteiger partial charge in [0, 0.05) is 38.9 Å². The maximum Gasteiger partial charge on any atom is 0.126 e. The van der Waals surface area contributed by atoms with Crippen molar-refractivity contribution in [2.75, 3.05) is 39.6 Å². The fraction of sp³-hybridized carbons (Fsp3) is 0.316. The number of phenols is 2. The molecule has 0 spiro atoms. The molecule has 5 rings (SSSR count). The molecule has 0 heterocycles. The number of nitriles is 2. The van der Waals surface area contributed by atoms with Gasteiger partial charge in [0.25, 0.3) is 0 Å². The predicted molar refractivity (Wildman–Crippen MR) is 174 cm³/mol. The quantitative estimate of drug-likeness (QED) is 0.174. The highest BCUT2D eigenvalue weighted by molar-refractivity contribution is 5.58. The van der Waals surface area contributed by atoms with Gasteiger partial charge in [-0.05, 0) is 82.6 Å². The summed E-state index contributed by atoms with van der Waals surface area (Å²) in [5.74, 6) is 1.47. The molecule has 4 aromatic rings. The van der Waals surface area contributed by atoms with E-state index in [4.69, 9.17) is 18.9 Å². The number of benzene rings is 4. The van der Waals surface area contributed by atoms with Crippen molar-refractivity contribution in [2.45, 2.75) is 39.5 Å². The minimum absolute atomic E-state index is 0.115. The van der Waals surface area contributed by atoms with Crippen molar-refractivity contribution in [3.8, 4) is 35.1 Å². The van der Waals surface area contributed by atoms with E-state index in [1.54, 1.807) is 24.3 Å². The highest BCUT2D eigenvalue weighted by Crippen LogP contribution is 2.38. The van der Waals surface area contributed by atoms with E-state index in [0.29, 0.717) is 110 Å². The molecule has 8 bridgehead atoms. The van der Waals surface area contributed by atoms with Crippen LogP contribution in [0.4, 0.5) is 0 Å².